The zero-order chi connectivity index (χ0) is 20.3. The molecule has 0 aliphatic heterocycles. The van der Waals surface area contributed by atoms with Crippen LogP contribution in [-0.4, -0.2) is 0 Å². The summed E-state index contributed by atoms with van der Waals surface area (Å²) in [4.78, 5) is 0. The highest BCUT2D eigenvalue weighted by atomic mass is 14.2. The maximum atomic E-state index is 2.39. The molecule has 29 heavy (non-hydrogen) atoms. The average molecular weight is 379 g/mol. The van der Waals surface area contributed by atoms with E-state index in [1.54, 1.807) is 0 Å². The highest BCUT2D eigenvalue weighted by Crippen LogP contribution is 2.44. The van der Waals surface area contributed by atoms with Crippen molar-refractivity contribution >= 4 is 43.1 Å². The molecule has 0 heterocycles. The zero-order valence-electron chi connectivity index (χ0n) is 18.2. The largest absolute Gasteiger partial charge is 0.0625 e. The van der Waals surface area contributed by atoms with Crippen LogP contribution in [0.1, 0.15) is 51.7 Å². The number of hydrogen-bond donors (Lipinski definition) is 0. The third-order valence-corrected chi connectivity index (χ3v) is 7.05. The number of fused-ring (bicyclic) bond motifs is 2. The first-order valence-corrected chi connectivity index (χ1v) is 11.1. The van der Waals surface area contributed by atoms with Crippen molar-refractivity contribution in [3.05, 3.63) is 71.8 Å². The van der Waals surface area contributed by atoms with Crippen molar-refractivity contribution in [2.24, 2.45) is 11.8 Å². The fourth-order valence-corrected chi connectivity index (χ4v) is 5.07. The summed E-state index contributed by atoms with van der Waals surface area (Å²) < 4.78 is 0. The summed E-state index contributed by atoms with van der Waals surface area (Å²) in [6.07, 6.45) is 1.13. The first-order valence-electron chi connectivity index (χ1n) is 11.1. The van der Waals surface area contributed by atoms with Gasteiger partial charge in [0.05, 0.1) is 0 Å². The summed E-state index contributed by atoms with van der Waals surface area (Å²) in [7, 11) is 0. The minimum Gasteiger partial charge on any atom is -0.0625 e. The maximum Gasteiger partial charge on any atom is -0.00207 e. The summed E-state index contributed by atoms with van der Waals surface area (Å²) in [6, 6.07) is 23.1. The molecule has 0 saturated carbocycles. The SMILES string of the molecule is CC(C)c1ccc2ccc(CC(C)C(C)C)c3c4cccc5cccc(c1c23)c54. The van der Waals surface area contributed by atoms with Crippen molar-refractivity contribution in [2.45, 2.75) is 47.0 Å². The Bertz CT molecular complexity index is 1330. The Morgan fingerprint density at radius 3 is 1.86 bits per heavy atom. The fraction of sp³-hybridized carbons (Fsp3) is 0.310. The van der Waals surface area contributed by atoms with Gasteiger partial charge < -0.3 is 0 Å². The lowest BCUT2D eigenvalue weighted by molar-refractivity contribution is 0.418. The van der Waals surface area contributed by atoms with E-state index in [0.717, 1.165) is 6.42 Å². The smallest absolute Gasteiger partial charge is 0.00207 e. The molecule has 0 spiro atoms. The van der Waals surface area contributed by atoms with Crippen LogP contribution in [0.15, 0.2) is 60.7 Å². The first-order chi connectivity index (χ1) is 14.0. The predicted octanol–water partition coefficient (Wildman–Crippen LogP) is 8.70. The second-order valence-electron chi connectivity index (χ2n) is 9.52. The molecular weight excluding hydrogens is 348 g/mol. The average Bonchev–Trinajstić information content (AvgIpc) is 2.71. The van der Waals surface area contributed by atoms with Crippen molar-refractivity contribution in [1.29, 1.82) is 0 Å². The Hall–Kier alpha value is -2.60. The molecule has 0 aromatic heterocycles. The Labute approximate surface area is 173 Å². The Morgan fingerprint density at radius 1 is 0.586 bits per heavy atom. The third-order valence-electron chi connectivity index (χ3n) is 7.05. The Morgan fingerprint density at radius 2 is 1.21 bits per heavy atom. The molecule has 0 N–H and O–H groups in total. The van der Waals surface area contributed by atoms with Crippen molar-refractivity contribution in [3.8, 4) is 0 Å². The molecule has 5 aromatic carbocycles. The summed E-state index contributed by atoms with van der Waals surface area (Å²) in [6.45, 7) is 11.7. The van der Waals surface area contributed by atoms with E-state index in [2.05, 4.69) is 95.3 Å². The van der Waals surface area contributed by atoms with Crippen LogP contribution in [0, 0.1) is 11.8 Å². The second-order valence-corrected chi connectivity index (χ2v) is 9.52. The molecule has 0 saturated heterocycles. The second kappa shape index (κ2) is 6.73. The molecule has 0 aliphatic rings. The van der Waals surface area contributed by atoms with Gasteiger partial charge in [-0.2, -0.15) is 0 Å². The zero-order valence-corrected chi connectivity index (χ0v) is 18.2. The monoisotopic (exact) mass is 378 g/mol. The van der Waals surface area contributed by atoms with E-state index in [-0.39, 0.29) is 0 Å². The molecule has 146 valence electrons. The van der Waals surface area contributed by atoms with Gasteiger partial charge in [0.2, 0.25) is 0 Å². The van der Waals surface area contributed by atoms with Crippen LogP contribution in [0.5, 0.6) is 0 Å². The molecule has 0 bridgehead atoms. The topological polar surface area (TPSA) is 0 Å². The van der Waals surface area contributed by atoms with Crippen molar-refractivity contribution in [1.82, 2.24) is 0 Å². The van der Waals surface area contributed by atoms with E-state index in [1.165, 1.54) is 54.2 Å². The molecule has 0 aliphatic carbocycles. The molecule has 5 aromatic rings. The summed E-state index contributed by atoms with van der Waals surface area (Å²) >= 11 is 0. The third kappa shape index (κ3) is 2.73. The van der Waals surface area contributed by atoms with Crippen LogP contribution >= 0.6 is 0 Å². The number of benzene rings is 5. The minimum atomic E-state index is 0.501. The Balaban J connectivity index is 2.05. The van der Waals surface area contributed by atoms with Crippen LogP contribution < -0.4 is 0 Å². The van der Waals surface area contributed by atoms with E-state index in [1.807, 2.05) is 0 Å². The van der Waals surface area contributed by atoms with Crippen LogP contribution in [0.4, 0.5) is 0 Å². The van der Waals surface area contributed by atoms with Crippen molar-refractivity contribution < 1.29 is 0 Å². The molecule has 0 radical (unpaired) electrons. The van der Waals surface area contributed by atoms with Gasteiger partial charge in [0, 0.05) is 0 Å². The van der Waals surface area contributed by atoms with Gasteiger partial charge in [-0.25, -0.2) is 0 Å². The van der Waals surface area contributed by atoms with E-state index in [0.29, 0.717) is 17.8 Å². The van der Waals surface area contributed by atoms with Gasteiger partial charge in [-0.3, -0.25) is 0 Å². The number of rotatable bonds is 4. The molecule has 1 atom stereocenters. The lowest BCUT2D eigenvalue weighted by Gasteiger charge is -2.22. The molecule has 0 heteroatoms. The highest BCUT2D eigenvalue weighted by Gasteiger charge is 2.20. The summed E-state index contributed by atoms with van der Waals surface area (Å²) in [5.41, 5.74) is 2.97. The molecule has 5 rings (SSSR count). The van der Waals surface area contributed by atoms with Crippen molar-refractivity contribution in [3.63, 3.8) is 0 Å². The van der Waals surface area contributed by atoms with Crippen LogP contribution in [-0.2, 0) is 6.42 Å². The van der Waals surface area contributed by atoms with E-state index >= 15 is 0 Å². The van der Waals surface area contributed by atoms with E-state index < -0.39 is 0 Å². The molecular formula is C29H30. The first kappa shape index (κ1) is 18.4. The van der Waals surface area contributed by atoms with Gasteiger partial charge in [0.25, 0.3) is 0 Å². The molecule has 0 nitrogen and oxygen atoms in total. The van der Waals surface area contributed by atoms with Crippen LogP contribution in [0.2, 0.25) is 0 Å². The van der Waals surface area contributed by atoms with Gasteiger partial charge >= 0.3 is 0 Å². The van der Waals surface area contributed by atoms with Gasteiger partial charge in [-0.1, -0.05) is 95.3 Å². The van der Waals surface area contributed by atoms with Crippen LogP contribution in [0.3, 0.4) is 0 Å². The fourth-order valence-electron chi connectivity index (χ4n) is 5.07. The molecule has 0 fully saturated rings. The summed E-state index contributed by atoms with van der Waals surface area (Å²) in [5.74, 6) is 1.85. The van der Waals surface area contributed by atoms with E-state index in [4.69, 9.17) is 0 Å². The lowest BCUT2D eigenvalue weighted by Crippen LogP contribution is -2.08. The van der Waals surface area contributed by atoms with Gasteiger partial charge in [0.15, 0.2) is 0 Å². The van der Waals surface area contributed by atoms with Gasteiger partial charge in [0.1, 0.15) is 0 Å². The standard InChI is InChI=1S/C29H30/c1-17(2)19(5)16-22-13-12-21-14-15-23(18(3)4)29-25-11-7-9-20-8-6-10-24(26(20)25)27(22)28(21)29/h6-15,17-19H,16H2,1-5H3. The van der Waals surface area contributed by atoms with E-state index in [9.17, 15) is 0 Å². The van der Waals surface area contributed by atoms with Crippen molar-refractivity contribution in [2.75, 3.05) is 0 Å². The summed E-state index contributed by atoms with van der Waals surface area (Å²) in [5, 5.41) is 11.4. The quantitative estimate of drug-likeness (QED) is 0.217. The lowest BCUT2D eigenvalue weighted by atomic mass is 9.81. The van der Waals surface area contributed by atoms with Gasteiger partial charge in [-0.15, -0.1) is 0 Å². The van der Waals surface area contributed by atoms with Gasteiger partial charge in [-0.05, 0) is 78.4 Å². The predicted molar refractivity (Wildman–Crippen MR) is 129 cm³/mol. The van der Waals surface area contributed by atoms with Crippen LogP contribution in [0.25, 0.3) is 43.1 Å². The normalized spacial score (nSPS) is 13.6. The number of hydrogen-bond acceptors (Lipinski definition) is 0. The minimum absolute atomic E-state index is 0.501. The molecule has 1 unspecified atom stereocenters. The maximum absolute atomic E-state index is 2.39. The highest BCUT2D eigenvalue weighted by molar-refractivity contribution is 6.34. The Kier molecular flexibility index (Phi) is 4.28. The molecule has 0 amide bonds.